The van der Waals surface area contributed by atoms with E-state index in [0.29, 0.717) is 0 Å². The van der Waals surface area contributed by atoms with E-state index in [1.54, 1.807) is 0 Å². The monoisotopic (exact) mass is 517 g/mol. The van der Waals surface area contributed by atoms with E-state index in [2.05, 4.69) is 10.1 Å². The van der Waals surface area contributed by atoms with Gasteiger partial charge in [0, 0.05) is 57.1 Å². The first-order valence-electron chi connectivity index (χ1n) is 10.2. The van der Waals surface area contributed by atoms with E-state index < -0.39 is 53.5 Å². The molecule has 0 spiro atoms. The third-order valence-electron chi connectivity index (χ3n) is 4.68. The van der Waals surface area contributed by atoms with Gasteiger partial charge >= 0.3 is 24.1 Å². The second kappa shape index (κ2) is 10.5. The van der Waals surface area contributed by atoms with Gasteiger partial charge in [-0.2, -0.15) is 18.3 Å². The highest BCUT2D eigenvalue weighted by atomic mass is 32.2. The van der Waals surface area contributed by atoms with Gasteiger partial charge in [-0.15, -0.1) is 11.8 Å². The van der Waals surface area contributed by atoms with Gasteiger partial charge in [0.05, 0.1) is 6.20 Å². The van der Waals surface area contributed by atoms with Crippen LogP contribution in [0.2, 0.25) is 0 Å². The van der Waals surface area contributed by atoms with Gasteiger partial charge in [0.15, 0.2) is 29.4 Å². The topological polar surface area (TPSA) is 119 Å². The molecule has 1 saturated heterocycles. The molecule has 0 bridgehead atoms. The fourth-order valence-electron chi connectivity index (χ4n) is 3.48. The quantitative estimate of drug-likeness (QED) is 0.418. The molecule has 0 unspecified atom stereocenters. The van der Waals surface area contributed by atoms with E-state index in [0.717, 1.165) is 30.3 Å². The van der Waals surface area contributed by atoms with Crippen LogP contribution >= 0.6 is 11.8 Å². The Morgan fingerprint density at radius 2 is 1.66 bits per heavy atom. The van der Waals surface area contributed by atoms with Gasteiger partial charge in [0.25, 0.3) is 0 Å². The van der Waals surface area contributed by atoms with Crippen LogP contribution < -0.4 is 4.74 Å². The molecule has 0 radical (unpaired) electrons. The van der Waals surface area contributed by atoms with Crippen LogP contribution in [0.15, 0.2) is 24.7 Å². The average molecular weight is 517 g/mol. The van der Waals surface area contributed by atoms with E-state index in [1.807, 2.05) is 0 Å². The molecule has 14 heteroatoms. The zero-order valence-electron chi connectivity index (χ0n) is 19.1. The van der Waals surface area contributed by atoms with Crippen LogP contribution in [0.25, 0.3) is 11.1 Å². The molecule has 0 aromatic carbocycles. The zero-order chi connectivity index (χ0) is 25.9. The second-order valence-electron chi connectivity index (χ2n) is 7.59. The van der Waals surface area contributed by atoms with Crippen molar-refractivity contribution in [2.75, 3.05) is 5.75 Å². The number of nitrogens with zero attached hydrogens (tertiary/aromatic N) is 3. The molecule has 2 aromatic rings. The highest BCUT2D eigenvalue weighted by molar-refractivity contribution is 7.99. The summed E-state index contributed by atoms with van der Waals surface area (Å²) in [6.45, 7) is 3.47. The van der Waals surface area contributed by atoms with Crippen molar-refractivity contribution in [2.24, 2.45) is 7.05 Å². The van der Waals surface area contributed by atoms with E-state index in [1.165, 1.54) is 38.6 Å². The predicted octanol–water partition coefficient (Wildman–Crippen LogP) is 2.75. The van der Waals surface area contributed by atoms with Gasteiger partial charge in [-0.1, -0.05) is 0 Å². The predicted molar refractivity (Wildman–Crippen MR) is 115 cm³/mol. The SMILES string of the molecule is CC(=O)O[C@@H]1[C@@H](OC(C)=O)[C@H](OC(C)=O)CS[C@H]1Oc1cncc(-c2cn(C)nc2C(F)(F)F)c1. The maximum absolute atomic E-state index is 13.4. The lowest BCUT2D eigenvalue weighted by molar-refractivity contribution is -0.186. The number of carbonyl (C=O) groups is 3. The van der Waals surface area contributed by atoms with Gasteiger partial charge in [-0.3, -0.25) is 24.0 Å². The molecule has 4 atom stereocenters. The molecular weight excluding hydrogens is 495 g/mol. The Hall–Kier alpha value is -3.29. The van der Waals surface area contributed by atoms with Crippen LogP contribution in [0, 0.1) is 0 Å². The van der Waals surface area contributed by atoms with Crippen molar-refractivity contribution in [3.63, 3.8) is 0 Å². The number of alkyl halides is 3. The molecule has 2 aromatic heterocycles. The zero-order valence-corrected chi connectivity index (χ0v) is 19.9. The van der Waals surface area contributed by atoms with Crippen molar-refractivity contribution in [2.45, 2.75) is 50.7 Å². The summed E-state index contributed by atoms with van der Waals surface area (Å²) in [5.41, 5.74) is -2.13. The van der Waals surface area contributed by atoms with E-state index in [9.17, 15) is 27.6 Å². The fourth-order valence-corrected chi connectivity index (χ4v) is 4.70. The lowest BCUT2D eigenvalue weighted by atomic mass is 10.1. The summed E-state index contributed by atoms with van der Waals surface area (Å²) in [7, 11) is 1.36. The molecule has 1 fully saturated rings. The average Bonchev–Trinajstić information content (AvgIpc) is 3.14. The molecule has 1 aliphatic heterocycles. The summed E-state index contributed by atoms with van der Waals surface area (Å²) in [4.78, 5) is 39.0. The largest absolute Gasteiger partial charge is 0.474 e. The number of thioether (sulfide) groups is 1. The molecule has 3 heterocycles. The maximum atomic E-state index is 13.4. The number of halogens is 3. The van der Waals surface area contributed by atoms with E-state index in [-0.39, 0.29) is 22.6 Å². The summed E-state index contributed by atoms with van der Waals surface area (Å²) in [5.74, 6) is -1.82. The first-order chi connectivity index (χ1) is 16.3. The standard InChI is InChI=1S/C21H22F3N3O7S/c1-10(28)31-16-9-35-20(18(33-12(3)30)17(16)32-11(2)29)34-14-5-13(6-25-7-14)15-8-27(4)26-19(15)21(22,23)24/h5-8,16-18,20H,9H2,1-4H3/t16-,17+,18-,20-/m1/s1. The van der Waals surface area contributed by atoms with Crippen LogP contribution in [0.4, 0.5) is 13.2 Å². The number of aryl methyl sites for hydroxylation is 1. The van der Waals surface area contributed by atoms with E-state index >= 15 is 0 Å². The number of ether oxygens (including phenoxy) is 4. The van der Waals surface area contributed by atoms with Crippen LogP contribution in [0.3, 0.4) is 0 Å². The van der Waals surface area contributed by atoms with Crippen LogP contribution in [0.1, 0.15) is 26.5 Å². The van der Waals surface area contributed by atoms with Crippen molar-refractivity contribution in [3.8, 4) is 16.9 Å². The molecular formula is C21H22F3N3O7S. The Kier molecular flexibility index (Phi) is 7.93. The third kappa shape index (κ3) is 6.65. The molecule has 0 N–H and O–H groups in total. The summed E-state index contributed by atoms with van der Waals surface area (Å²) < 4.78 is 63.1. The second-order valence-corrected chi connectivity index (χ2v) is 8.72. The van der Waals surface area contributed by atoms with Gasteiger partial charge in [0.1, 0.15) is 5.75 Å². The number of carbonyl (C=O) groups excluding carboxylic acids is 3. The minimum Gasteiger partial charge on any atom is -0.474 e. The molecule has 1 aliphatic rings. The van der Waals surface area contributed by atoms with Crippen LogP contribution in [-0.4, -0.2) is 62.2 Å². The Labute approximate surface area is 202 Å². The van der Waals surface area contributed by atoms with Gasteiger partial charge in [0.2, 0.25) is 0 Å². The normalized spacial score (nSPS) is 22.3. The van der Waals surface area contributed by atoms with Crippen molar-refractivity contribution in [1.82, 2.24) is 14.8 Å². The Bertz CT molecular complexity index is 1110. The Morgan fingerprint density at radius 3 is 2.26 bits per heavy atom. The smallest absolute Gasteiger partial charge is 0.435 e. The lowest BCUT2D eigenvalue weighted by Crippen LogP contribution is -2.55. The summed E-state index contributed by atoms with van der Waals surface area (Å²) in [6, 6.07) is 1.34. The minimum absolute atomic E-state index is 0.0710. The van der Waals surface area contributed by atoms with Gasteiger partial charge in [-0.05, 0) is 6.07 Å². The number of pyridine rings is 1. The summed E-state index contributed by atoms with van der Waals surface area (Å²) in [5, 5.41) is 3.49. The number of hydrogen-bond acceptors (Lipinski definition) is 10. The van der Waals surface area contributed by atoms with Crippen molar-refractivity contribution >= 4 is 29.7 Å². The van der Waals surface area contributed by atoms with Crippen molar-refractivity contribution in [1.29, 1.82) is 0 Å². The van der Waals surface area contributed by atoms with Gasteiger partial charge < -0.3 is 18.9 Å². The summed E-state index contributed by atoms with van der Waals surface area (Å²) in [6.07, 6.45) is -4.24. The molecule has 190 valence electrons. The summed E-state index contributed by atoms with van der Waals surface area (Å²) >= 11 is 1.11. The van der Waals surface area contributed by atoms with Crippen molar-refractivity contribution in [3.05, 3.63) is 30.4 Å². The number of hydrogen-bond donors (Lipinski definition) is 0. The molecule has 0 aliphatic carbocycles. The Morgan fingerprint density at radius 1 is 1.03 bits per heavy atom. The van der Waals surface area contributed by atoms with Gasteiger partial charge in [-0.25, -0.2) is 0 Å². The first kappa shape index (κ1) is 26.3. The first-order valence-corrected chi connectivity index (χ1v) is 11.3. The van der Waals surface area contributed by atoms with Crippen LogP contribution in [0.5, 0.6) is 5.75 Å². The molecule has 3 rings (SSSR count). The highest BCUT2D eigenvalue weighted by Crippen LogP contribution is 2.38. The number of rotatable bonds is 6. The Balaban J connectivity index is 1.92. The molecule has 0 amide bonds. The third-order valence-corrected chi connectivity index (χ3v) is 5.89. The highest BCUT2D eigenvalue weighted by Gasteiger charge is 2.47. The van der Waals surface area contributed by atoms with E-state index in [4.69, 9.17) is 18.9 Å². The van der Waals surface area contributed by atoms with Crippen molar-refractivity contribution < 1.29 is 46.5 Å². The van der Waals surface area contributed by atoms with Crippen LogP contribution in [-0.2, 0) is 41.8 Å². The minimum atomic E-state index is -4.68. The number of aromatic nitrogens is 3. The number of esters is 3. The maximum Gasteiger partial charge on any atom is 0.435 e. The molecule has 10 nitrogen and oxygen atoms in total. The lowest BCUT2D eigenvalue weighted by Gasteiger charge is -2.39. The molecule has 0 saturated carbocycles. The fraction of sp³-hybridized carbons (Fsp3) is 0.476. The molecule has 35 heavy (non-hydrogen) atoms.